The van der Waals surface area contributed by atoms with Crippen LogP contribution in [0.4, 0.5) is 11.4 Å². The van der Waals surface area contributed by atoms with Crippen LogP contribution in [0.5, 0.6) is 5.75 Å². The molecule has 0 aromatic heterocycles. The SMILES string of the molecule is CCCOc1ccc(NC(=O)c2cccc([N+](=O)[O-])c2C)c(C)c1. The number of nitrogens with one attached hydrogen (secondary N) is 1. The molecule has 1 amide bonds. The molecule has 24 heavy (non-hydrogen) atoms. The Kier molecular flexibility index (Phi) is 5.52. The third-order valence-corrected chi connectivity index (χ3v) is 3.67. The van der Waals surface area contributed by atoms with E-state index in [4.69, 9.17) is 4.74 Å². The molecule has 6 nitrogen and oxygen atoms in total. The molecule has 0 spiro atoms. The summed E-state index contributed by atoms with van der Waals surface area (Å²) >= 11 is 0. The van der Waals surface area contributed by atoms with Gasteiger partial charge in [-0.2, -0.15) is 0 Å². The monoisotopic (exact) mass is 328 g/mol. The summed E-state index contributed by atoms with van der Waals surface area (Å²) in [5.74, 6) is 0.375. The summed E-state index contributed by atoms with van der Waals surface area (Å²) in [6.07, 6.45) is 0.920. The maximum Gasteiger partial charge on any atom is 0.273 e. The molecule has 2 aromatic rings. The highest BCUT2D eigenvalue weighted by Crippen LogP contribution is 2.25. The van der Waals surface area contributed by atoms with Gasteiger partial charge < -0.3 is 10.1 Å². The molecule has 2 aromatic carbocycles. The molecule has 126 valence electrons. The predicted octanol–water partition coefficient (Wildman–Crippen LogP) is 4.25. The van der Waals surface area contributed by atoms with Gasteiger partial charge in [0.25, 0.3) is 11.6 Å². The molecule has 1 N–H and O–H groups in total. The van der Waals surface area contributed by atoms with Crippen LogP contribution in [0.2, 0.25) is 0 Å². The zero-order valence-electron chi connectivity index (χ0n) is 14.0. The van der Waals surface area contributed by atoms with Gasteiger partial charge in [-0.15, -0.1) is 0 Å². The second-order valence-electron chi connectivity index (χ2n) is 5.49. The number of nitro groups is 1. The molecule has 0 atom stereocenters. The Morgan fingerprint density at radius 2 is 2.00 bits per heavy atom. The van der Waals surface area contributed by atoms with Gasteiger partial charge in [0.2, 0.25) is 0 Å². The van der Waals surface area contributed by atoms with Gasteiger partial charge in [-0.3, -0.25) is 14.9 Å². The average Bonchev–Trinajstić information content (AvgIpc) is 2.55. The van der Waals surface area contributed by atoms with Crippen LogP contribution < -0.4 is 10.1 Å². The minimum atomic E-state index is -0.489. The summed E-state index contributed by atoms with van der Waals surface area (Å²) < 4.78 is 5.55. The van der Waals surface area contributed by atoms with Gasteiger partial charge in [-0.1, -0.05) is 13.0 Å². The van der Waals surface area contributed by atoms with Gasteiger partial charge in [0.05, 0.1) is 11.5 Å². The lowest BCUT2D eigenvalue weighted by Gasteiger charge is -2.12. The first-order valence-corrected chi connectivity index (χ1v) is 7.72. The summed E-state index contributed by atoms with van der Waals surface area (Å²) in [6.45, 7) is 6.11. The van der Waals surface area contributed by atoms with E-state index < -0.39 is 4.92 Å². The van der Waals surface area contributed by atoms with Crippen molar-refractivity contribution in [1.82, 2.24) is 0 Å². The lowest BCUT2D eigenvalue weighted by molar-refractivity contribution is -0.385. The zero-order valence-corrected chi connectivity index (χ0v) is 14.0. The van der Waals surface area contributed by atoms with E-state index in [1.54, 1.807) is 25.1 Å². The highest BCUT2D eigenvalue weighted by atomic mass is 16.6. The Labute approximate surface area is 140 Å². The molecule has 0 unspecified atom stereocenters. The molecular formula is C18H20N2O4. The molecule has 0 saturated heterocycles. The van der Waals surface area contributed by atoms with E-state index >= 15 is 0 Å². The summed E-state index contributed by atoms with van der Waals surface area (Å²) in [5.41, 5.74) is 2.08. The van der Waals surface area contributed by atoms with Crippen LogP contribution in [0, 0.1) is 24.0 Å². The van der Waals surface area contributed by atoms with Crippen molar-refractivity contribution in [2.24, 2.45) is 0 Å². The quantitative estimate of drug-likeness (QED) is 0.635. The smallest absolute Gasteiger partial charge is 0.273 e. The summed E-state index contributed by atoms with van der Waals surface area (Å²) in [4.78, 5) is 23.0. The molecule has 0 radical (unpaired) electrons. The van der Waals surface area contributed by atoms with Crippen molar-refractivity contribution < 1.29 is 14.5 Å². The summed E-state index contributed by atoms with van der Waals surface area (Å²) in [5, 5.41) is 13.8. The third-order valence-electron chi connectivity index (χ3n) is 3.67. The van der Waals surface area contributed by atoms with Crippen molar-refractivity contribution in [3.05, 3.63) is 63.2 Å². The summed E-state index contributed by atoms with van der Waals surface area (Å²) in [7, 11) is 0. The second-order valence-corrected chi connectivity index (χ2v) is 5.49. The largest absolute Gasteiger partial charge is 0.494 e. The van der Waals surface area contributed by atoms with Crippen LogP contribution in [-0.4, -0.2) is 17.4 Å². The normalized spacial score (nSPS) is 10.3. The summed E-state index contributed by atoms with van der Waals surface area (Å²) in [6, 6.07) is 9.88. The number of carbonyl (C=O) groups is 1. The van der Waals surface area contributed by atoms with Crippen LogP contribution in [-0.2, 0) is 0 Å². The van der Waals surface area contributed by atoms with Gasteiger partial charge in [0.1, 0.15) is 5.75 Å². The van der Waals surface area contributed by atoms with E-state index in [-0.39, 0.29) is 17.2 Å². The van der Waals surface area contributed by atoms with Gasteiger partial charge in [0.15, 0.2) is 0 Å². The molecule has 0 bridgehead atoms. The topological polar surface area (TPSA) is 81.5 Å². The van der Waals surface area contributed by atoms with Gasteiger partial charge in [0, 0.05) is 22.9 Å². The molecule has 0 heterocycles. The van der Waals surface area contributed by atoms with Crippen LogP contribution in [0.3, 0.4) is 0 Å². The highest BCUT2D eigenvalue weighted by molar-refractivity contribution is 6.06. The Hall–Kier alpha value is -2.89. The second kappa shape index (κ2) is 7.59. The maximum absolute atomic E-state index is 12.5. The Morgan fingerprint density at radius 1 is 1.25 bits per heavy atom. The molecule has 0 aliphatic heterocycles. The molecule has 0 aliphatic rings. The van der Waals surface area contributed by atoms with Gasteiger partial charge in [-0.05, 0) is 50.1 Å². The zero-order chi connectivity index (χ0) is 17.7. The Balaban J connectivity index is 2.21. The number of benzene rings is 2. The fraction of sp³-hybridized carbons (Fsp3) is 0.278. The standard InChI is InChI=1S/C18H20N2O4/c1-4-10-24-14-8-9-16(12(2)11-14)19-18(21)15-6-5-7-17(13(15)3)20(22)23/h5-9,11H,4,10H2,1-3H3,(H,19,21). The Bertz CT molecular complexity index is 772. The van der Waals surface area contributed by atoms with Crippen LogP contribution in [0.1, 0.15) is 34.8 Å². The molecule has 2 rings (SSSR count). The van der Waals surface area contributed by atoms with Crippen molar-refractivity contribution >= 4 is 17.3 Å². The van der Waals surface area contributed by atoms with Crippen molar-refractivity contribution in [3.8, 4) is 5.75 Å². The van der Waals surface area contributed by atoms with Gasteiger partial charge >= 0.3 is 0 Å². The minimum absolute atomic E-state index is 0.0670. The molecule has 6 heteroatoms. The first kappa shape index (κ1) is 17.5. The fourth-order valence-corrected chi connectivity index (χ4v) is 2.34. The van der Waals surface area contributed by atoms with E-state index in [0.29, 0.717) is 17.9 Å². The van der Waals surface area contributed by atoms with Crippen molar-refractivity contribution in [3.63, 3.8) is 0 Å². The van der Waals surface area contributed by atoms with Crippen LogP contribution >= 0.6 is 0 Å². The van der Waals surface area contributed by atoms with Crippen molar-refractivity contribution in [2.75, 3.05) is 11.9 Å². The number of aryl methyl sites for hydroxylation is 1. The van der Waals surface area contributed by atoms with E-state index in [1.165, 1.54) is 12.1 Å². The van der Waals surface area contributed by atoms with E-state index in [0.717, 1.165) is 17.7 Å². The average molecular weight is 328 g/mol. The lowest BCUT2D eigenvalue weighted by Crippen LogP contribution is -2.15. The highest BCUT2D eigenvalue weighted by Gasteiger charge is 2.18. The number of nitrogens with zero attached hydrogens (tertiary/aromatic N) is 1. The number of carbonyl (C=O) groups excluding carboxylic acids is 1. The van der Waals surface area contributed by atoms with E-state index in [2.05, 4.69) is 5.32 Å². The molecule has 0 aliphatic carbocycles. The van der Waals surface area contributed by atoms with Crippen LogP contribution in [0.25, 0.3) is 0 Å². The lowest BCUT2D eigenvalue weighted by atomic mass is 10.1. The number of hydrogen-bond acceptors (Lipinski definition) is 4. The third kappa shape index (κ3) is 3.90. The predicted molar refractivity (Wildman–Crippen MR) is 92.8 cm³/mol. The van der Waals surface area contributed by atoms with Crippen molar-refractivity contribution in [1.29, 1.82) is 0 Å². The van der Waals surface area contributed by atoms with E-state index in [9.17, 15) is 14.9 Å². The number of rotatable bonds is 6. The first-order valence-electron chi connectivity index (χ1n) is 7.72. The number of hydrogen-bond donors (Lipinski definition) is 1. The molecule has 0 fully saturated rings. The number of amides is 1. The fourth-order valence-electron chi connectivity index (χ4n) is 2.34. The van der Waals surface area contributed by atoms with E-state index in [1.807, 2.05) is 19.9 Å². The minimum Gasteiger partial charge on any atom is -0.494 e. The van der Waals surface area contributed by atoms with Crippen molar-refractivity contribution in [2.45, 2.75) is 27.2 Å². The number of ether oxygens (including phenoxy) is 1. The number of nitro benzene ring substituents is 1. The maximum atomic E-state index is 12.5. The molecule has 0 saturated carbocycles. The number of anilines is 1. The molecular weight excluding hydrogens is 308 g/mol. The van der Waals surface area contributed by atoms with Crippen LogP contribution in [0.15, 0.2) is 36.4 Å². The van der Waals surface area contributed by atoms with Gasteiger partial charge in [-0.25, -0.2) is 0 Å². The first-order chi connectivity index (χ1) is 11.4. The Morgan fingerprint density at radius 3 is 2.62 bits per heavy atom.